The van der Waals surface area contributed by atoms with Crippen molar-refractivity contribution in [1.29, 1.82) is 0 Å². The van der Waals surface area contributed by atoms with Crippen LogP contribution in [-0.4, -0.2) is 30.1 Å². The molecule has 0 aromatic heterocycles. The van der Waals surface area contributed by atoms with Gasteiger partial charge in [-0.1, -0.05) is 24.3 Å². The number of para-hydroxylation sites is 1. The van der Waals surface area contributed by atoms with Crippen LogP contribution in [0.2, 0.25) is 0 Å². The Balaban J connectivity index is 1.66. The highest BCUT2D eigenvalue weighted by Gasteiger charge is 2.18. The zero-order valence-corrected chi connectivity index (χ0v) is 14.2. The summed E-state index contributed by atoms with van der Waals surface area (Å²) in [7, 11) is 0. The minimum Gasteiger partial charge on any atom is -0.454 e. The molecule has 1 heterocycles. The molecular formula is C19H20N2O4. The first-order chi connectivity index (χ1) is 12.0. The van der Waals surface area contributed by atoms with E-state index in [0.717, 1.165) is 16.8 Å². The summed E-state index contributed by atoms with van der Waals surface area (Å²) in [4.78, 5) is 25.7. The second kappa shape index (κ2) is 7.25. The van der Waals surface area contributed by atoms with Gasteiger partial charge in [0.05, 0.1) is 0 Å². The molecule has 0 saturated carbocycles. The van der Waals surface area contributed by atoms with Gasteiger partial charge in [0.15, 0.2) is 11.5 Å². The van der Waals surface area contributed by atoms with E-state index in [2.05, 4.69) is 5.32 Å². The van der Waals surface area contributed by atoms with E-state index in [1.54, 1.807) is 0 Å². The molecule has 3 rings (SSSR count). The molecular weight excluding hydrogens is 320 g/mol. The van der Waals surface area contributed by atoms with E-state index in [1.165, 1.54) is 11.8 Å². The van der Waals surface area contributed by atoms with Crippen LogP contribution in [0.15, 0.2) is 42.5 Å². The molecule has 0 fully saturated rings. The van der Waals surface area contributed by atoms with Gasteiger partial charge in [-0.2, -0.15) is 0 Å². The van der Waals surface area contributed by atoms with Crippen molar-refractivity contribution in [3.63, 3.8) is 0 Å². The highest BCUT2D eigenvalue weighted by atomic mass is 16.7. The zero-order chi connectivity index (χ0) is 17.8. The lowest BCUT2D eigenvalue weighted by atomic mass is 10.2. The molecule has 2 aromatic carbocycles. The number of nitrogens with zero attached hydrogens (tertiary/aromatic N) is 1. The molecule has 2 amide bonds. The summed E-state index contributed by atoms with van der Waals surface area (Å²) in [5.74, 6) is 0.948. The van der Waals surface area contributed by atoms with Gasteiger partial charge >= 0.3 is 0 Å². The van der Waals surface area contributed by atoms with Gasteiger partial charge in [0.25, 0.3) is 0 Å². The maximum atomic E-state index is 12.3. The van der Waals surface area contributed by atoms with E-state index >= 15 is 0 Å². The predicted octanol–water partition coefficient (Wildman–Crippen LogP) is 2.71. The fraction of sp³-hybridized carbons (Fsp3) is 0.263. The van der Waals surface area contributed by atoms with Crippen molar-refractivity contribution in [3.8, 4) is 11.5 Å². The largest absolute Gasteiger partial charge is 0.454 e. The molecule has 6 nitrogen and oxygen atoms in total. The molecule has 0 radical (unpaired) electrons. The third-order valence-corrected chi connectivity index (χ3v) is 4.01. The Morgan fingerprint density at radius 3 is 2.64 bits per heavy atom. The zero-order valence-electron chi connectivity index (χ0n) is 14.2. The maximum absolute atomic E-state index is 12.3. The molecule has 1 aliphatic heterocycles. The SMILES string of the molecule is CC(=O)N(CC(=O)Nc1ccccc1C)Cc1ccc2c(c1)OCO2. The molecule has 0 unspecified atom stereocenters. The van der Waals surface area contributed by atoms with Crippen LogP contribution in [0.25, 0.3) is 0 Å². The number of fused-ring (bicyclic) bond motifs is 1. The quantitative estimate of drug-likeness (QED) is 0.909. The lowest BCUT2D eigenvalue weighted by Crippen LogP contribution is -2.36. The first-order valence-electron chi connectivity index (χ1n) is 8.02. The van der Waals surface area contributed by atoms with E-state index in [9.17, 15) is 9.59 Å². The first-order valence-corrected chi connectivity index (χ1v) is 8.02. The molecule has 0 saturated heterocycles. The Morgan fingerprint density at radius 2 is 1.88 bits per heavy atom. The summed E-state index contributed by atoms with van der Waals surface area (Å²) in [6.45, 7) is 3.89. The summed E-state index contributed by atoms with van der Waals surface area (Å²) in [5, 5.41) is 2.85. The number of carbonyl (C=O) groups excluding carboxylic acids is 2. The average Bonchev–Trinajstić information content (AvgIpc) is 3.04. The van der Waals surface area contributed by atoms with Gasteiger partial charge in [-0.3, -0.25) is 9.59 Å². The van der Waals surface area contributed by atoms with Crippen LogP contribution in [0.3, 0.4) is 0 Å². The van der Waals surface area contributed by atoms with Gasteiger partial charge in [0.2, 0.25) is 18.6 Å². The topological polar surface area (TPSA) is 67.9 Å². The Labute approximate surface area is 146 Å². The molecule has 130 valence electrons. The smallest absolute Gasteiger partial charge is 0.244 e. The van der Waals surface area contributed by atoms with E-state index in [0.29, 0.717) is 18.0 Å². The van der Waals surface area contributed by atoms with E-state index in [4.69, 9.17) is 9.47 Å². The number of hydrogen-bond acceptors (Lipinski definition) is 4. The Morgan fingerprint density at radius 1 is 1.12 bits per heavy atom. The number of aryl methyl sites for hydroxylation is 1. The summed E-state index contributed by atoms with van der Waals surface area (Å²) in [5.41, 5.74) is 2.60. The minimum absolute atomic E-state index is 0.0158. The Kier molecular flexibility index (Phi) is 4.88. The van der Waals surface area contributed by atoms with Crippen molar-refractivity contribution in [2.75, 3.05) is 18.7 Å². The highest BCUT2D eigenvalue weighted by Crippen LogP contribution is 2.32. The second-order valence-electron chi connectivity index (χ2n) is 5.93. The van der Waals surface area contributed by atoms with Gasteiger partial charge < -0.3 is 19.7 Å². The van der Waals surface area contributed by atoms with E-state index in [-0.39, 0.29) is 25.2 Å². The van der Waals surface area contributed by atoms with Gasteiger partial charge in [-0.25, -0.2) is 0 Å². The first kappa shape index (κ1) is 16.8. The summed E-state index contributed by atoms with van der Waals surface area (Å²) < 4.78 is 10.6. The van der Waals surface area contributed by atoms with Gasteiger partial charge in [-0.15, -0.1) is 0 Å². The number of ether oxygens (including phenoxy) is 2. The third kappa shape index (κ3) is 4.09. The monoisotopic (exact) mass is 340 g/mol. The van der Waals surface area contributed by atoms with Crippen LogP contribution >= 0.6 is 0 Å². The number of amides is 2. The second-order valence-corrected chi connectivity index (χ2v) is 5.93. The molecule has 0 aliphatic carbocycles. The molecule has 6 heteroatoms. The summed E-state index contributed by atoms with van der Waals surface area (Å²) >= 11 is 0. The van der Waals surface area contributed by atoms with Crippen LogP contribution in [0.1, 0.15) is 18.1 Å². The van der Waals surface area contributed by atoms with Gasteiger partial charge in [-0.05, 0) is 36.2 Å². The number of carbonyl (C=O) groups is 2. The Bertz CT molecular complexity index is 804. The van der Waals surface area contributed by atoms with Crippen molar-refractivity contribution < 1.29 is 19.1 Å². The standard InChI is InChI=1S/C19H20N2O4/c1-13-5-3-4-6-16(13)20-19(23)11-21(14(2)22)10-15-7-8-17-18(9-15)25-12-24-17/h3-9H,10-12H2,1-2H3,(H,20,23). The van der Waals surface area contributed by atoms with Crippen molar-refractivity contribution in [2.24, 2.45) is 0 Å². The lowest BCUT2D eigenvalue weighted by molar-refractivity contribution is -0.133. The van der Waals surface area contributed by atoms with Crippen LogP contribution in [0.4, 0.5) is 5.69 Å². The van der Waals surface area contributed by atoms with E-state index in [1.807, 2.05) is 49.4 Å². The molecule has 2 aromatic rings. The number of nitrogens with one attached hydrogen (secondary N) is 1. The number of hydrogen-bond donors (Lipinski definition) is 1. The fourth-order valence-electron chi connectivity index (χ4n) is 2.61. The molecule has 0 spiro atoms. The van der Waals surface area contributed by atoms with Crippen molar-refractivity contribution >= 4 is 17.5 Å². The number of anilines is 1. The van der Waals surface area contributed by atoms with Crippen molar-refractivity contribution in [1.82, 2.24) is 4.90 Å². The van der Waals surface area contributed by atoms with E-state index < -0.39 is 0 Å². The van der Waals surface area contributed by atoms with Crippen LogP contribution in [0.5, 0.6) is 11.5 Å². The molecule has 0 atom stereocenters. The molecule has 0 bridgehead atoms. The normalized spacial score (nSPS) is 11.9. The fourth-order valence-corrected chi connectivity index (χ4v) is 2.61. The van der Waals surface area contributed by atoms with Crippen LogP contribution in [-0.2, 0) is 16.1 Å². The number of benzene rings is 2. The van der Waals surface area contributed by atoms with Gasteiger partial charge in [0.1, 0.15) is 6.54 Å². The molecule has 1 N–H and O–H groups in total. The average molecular weight is 340 g/mol. The number of rotatable bonds is 5. The van der Waals surface area contributed by atoms with Crippen molar-refractivity contribution in [3.05, 3.63) is 53.6 Å². The summed E-state index contributed by atoms with van der Waals surface area (Å²) in [6, 6.07) is 13.0. The maximum Gasteiger partial charge on any atom is 0.244 e. The summed E-state index contributed by atoms with van der Waals surface area (Å²) in [6.07, 6.45) is 0. The lowest BCUT2D eigenvalue weighted by Gasteiger charge is -2.21. The van der Waals surface area contributed by atoms with Crippen LogP contribution in [0, 0.1) is 6.92 Å². The predicted molar refractivity (Wildman–Crippen MR) is 93.5 cm³/mol. The van der Waals surface area contributed by atoms with Crippen LogP contribution < -0.4 is 14.8 Å². The van der Waals surface area contributed by atoms with Crippen molar-refractivity contribution in [2.45, 2.75) is 20.4 Å². The minimum atomic E-state index is -0.231. The van der Waals surface area contributed by atoms with Gasteiger partial charge in [0, 0.05) is 19.2 Å². The third-order valence-electron chi connectivity index (χ3n) is 4.01. The Hall–Kier alpha value is -3.02. The molecule has 1 aliphatic rings. The molecule has 25 heavy (non-hydrogen) atoms. The highest BCUT2D eigenvalue weighted by molar-refractivity contribution is 5.94.